The van der Waals surface area contributed by atoms with E-state index in [1.54, 1.807) is 0 Å². The van der Waals surface area contributed by atoms with Crippen LogP contribution in [0.15, 0.2) is 30.6 Å². The number of anilines is 1. The molecule has 0 radical (unpaired) electrons. The van der Waals surface area contributed by atoms with E-state index in [1.807, 2.05) is 0 Å². The number of carbonyl (C=O) groups excluding carboxylic acids is 1. The van der Waals surface area contributed by atoms with Gasteiger partial charge in [-0.2, -0.15) is 0 Å². The van der Waals surface area contributed by atoms with Crippen LogP contribution >= 0.6 is 0 Å². The molecule has 3 rings (SSSR count). The monoisotopic (exact) mass is 336 g/mol. The molecule has 1 unspecified atom stereocenters. The zero-order valence-corrected chi connectivity index (χ0v) is 12.7. The minimum absolute atomic E-state index is 0.0629. The fraction of sp³-hybridized carbons (Fsp3) is 0.312. The van der Waals surface area contributed by atoms with Gasteiger partial charge >= 0.3 is 0 Å². The Bertz CT molecular complexity index is 739. The van der Waals surface area contributed by atoms with Crippen LogP contribution in [0.25, 0.3) is 0 Å². The third-order valence-electron chi connectivity index (χ3n) is 3.83. The summed E-state index contributed by atoms with van der Waals surface area (Å²) in [6, 6.07) is 2.73. The Morgan fingerprint density at radius 1 is 1.17 bits per heavy atom. The lowest BCUT2D eigenvalue weighted by Crippen LogP contribution is -2.47. The number of benzene rings is 1. The van der Waals surface area contributed by atoms with Gasteiger partial charge in [-0.1, -0.05) is 6.07 Å². The number of halogens is 3. The van der Waals surface area contributed by atoms with Gasteiger partial charge in [0, 0.05) is 24.7 Å². The average molecular weight is 336 g/mol. The topological polar surface area (TPSA) is 58.1 Å². The second kappa shape index (κ2) is 6.86. The van der Waals surface area contributed by atoms with Crippen LogP contribution in [-0.4, -0.2) is 33.4 Å². The smallest absolute Gasteiger partial charge is 0.245 e. The van der Waals surface area contributed by atoms with E-state index in [1.165, 1.54) is 11.0 Å². The highest BCUT2D eigenvalue weighted by Crippen LogP contribution is 2.19. The van der Waals surface area contributed by atoms with Crippen molar-refractivity contribution < 1.29 is 18.0 Å². The summed E-state index contributed by atoms with van der Waals surface area (Å²) < 4.78 is 39.6. The van der Waals surface area contributed by atoms with E-state index in [4.69, 9.17) is 0 Å². The van der Waals surface area contributed by atoms with Crippen LogP contribution in [0, 0.1) is 17.5 Å². The number of likely N-dealkylation sites (tertiary alicyclic amines) is 1. The molecule has 1 fully saturated rings. The first kappa shape index (κ1) is 16.2. The minimum atomic E-state index is -0.681. The molecule has 8 heteroatoms. The first-order chi connectivity index (χ1) is 11.5. The van der Waals surface area contributed by atoms with Crippen LogP contribution in [0.3, 0.4) is 0 Å². The van der Waals surface area contributed by atoms with Crippen molar-refractivity contribution in [1.82, 2.24) is 14.9 Å². The van der Waals surface area contributed by atoms with E-state index in [-0.39, 0.29) is 24.0 Å². The third-order valence-corrected chi connectivity index (χ3v) is 3.83. The van der Waals surface area contributed by atoms with Gasteiger partial charge in [0.25, 0.3) is 0 Å². The second-order valence-corrected chi connectivity index (χ2v) is 5.56. The Balaban J connectivity index is 1.69. The number of rotatable bonds is 4. The van der Waals surface area contributed by atoms with Gasteiger partial charge < -0.3 is 10.2 Å². The van der Waals surface area contributed by atoms with E-state index in [0.717, 1.165) is 24.5 Å². The molecular weight excluding hydrogens is 321 g/mol. The fourth-order valence-electron chi connectivity index (χ4n) is 2.63. The molecule has 1 aliphatic heterocycles. The molecule has 0 spiro atoms. The second-order valence-electron chi connectivity index (χ2n) is 5.56. The molecule has 2 heterocycles. The number of piperidine rings is 1. The quantitative estimate of drug-likeness (QED) is 0.932. The van der Waals surface area contributed by atoms with Gasteiger partial charge in [0.05, 0.1) is 12.4 Å². The Morgan fingerprint density at radius 3 is 2.62 bits per heavy atom. The molecule has 2 aromatic rings. The standard InChI is InChI=1S/C16H15F3N4O/c17-11-4-3-10(13(19)6-11)9-23-5-1-2-14(15(23)24)22-16-20-7-12(18)8-21-16/h3-4,6-8,14H,1-2,5,9H2,(H,20,21,22). The third kappa shape index (κ3) is 3.64. The van der Waals surface area contributed by atoms with Gasteiger partial charge in [-0.25, -0.2) is 23.1 Å². The summed E-state index contributed by atoms with van der Waals surface area (Å²) in [4.78, 5) is 21.6. The summed E-state index contributed by atoms with van der Waals surface area (Å²) in [7, 11) is 0. The normalized spacial score (nSPS) is 17.9. The molecule has 126 valence electrons. The molecule has 1 aliphatic rings. The van der Waals surface area contributed by atoms with E-state index >= 15 is 0 Å². The molecule has 1 aromatic heterocycles. The van der Waals surface area contributed by atoms with Crippen molar-refractivity contribution in [3.05, 3.63) is 53.6 Å². The highest BCUT2D eigenvalue weighted by molar-refractivity contribution is 5.84. The van der Waals surface area contributed by atoms with E-state index in [0.29, 0.717) is 19.4 Å². The zero-order valence-electron chi connectivity index (χ0n) is 12.7. The lowest BCUT2D eigenvalue weighted by atomic mass is 10.0. The van der Waals surface area contributed by atoms with Gasteiger partial charge in [-0.15, -0.1) is 0 Å². The minimum Gasteiger partial charge on any atom is -0.342 e. The van der Waals surface area contributed by atoms with Crippen LogP contribution in [-0.2, 0) is 11.3 Å². The van der Waals surface area contributed by atoms with Gasteiger partial charge in [-0.05, 0) is 18.9 Å². The maximum absolute atomic E-state index is 13.8. The molecule has 5 nitrogen and oxygen atoms in total. The highest BCUT2D eigenvalue weighted by atomic mass is 19.1. The molecule has 24 heavy (non-hydrogen) atoms. The van der Waals surface area contributed by atoms with Gasteiger partial charge in [0.1, 0.15) is 17.7 Å². The fourth-order valence-corrected chi connectivity index (χ4v) is 2.63. The lowest BCUT2D eigenvalue weighted by molar-refractivity contribution is -0.134. The molecule has 1 atom stereocenters. The summed E-state index contributed by atoms with van der Waals surface area (Å²) in [6.45, 7) is 0.547. The van der Waals surface area contributed by atoms with Gasteiger partial charge in [-0.3, -0.25) is 4.79 Å². The summed E-state index contributed by atoms with van der Waals surface area (Å²) in [5.41, 5.74) is 0.253. The Kier molecular flexibility index (Phi) is 4.64. The molecule has 1 amide bonds. The van der Waals surface area contributed by atoms with Crippen molar-refractivity contribution in [2.45, 2.75) is 25.4 Å². The van der Waals surface area contributed by atoms with Crippen LogP contribution in [0.5, 0.6) is 0 Å². The molecule has 0 aliphatic carbocycles. The molecule has 0 bridgehead atoms. The van der Waals surface area contributed by atoms with Crippen molar-refractivity contribution in [1.29, 1.82) is 0 Å². The summed E-state index contributed by atoms with van der Waals surface area (Å²) >= 11 is 0. The number of nitrogens with zero attached hydrogens (tertiary/aromatic N) is 3. The van der Waals surface area contributed by atoms with E-state index in [2.05, 4.69) is 15.3 Å². The van der Waals surface area contributed by atoms with Crippen LogP contribution < -0.4 is 5.32 Å². The predicted octanol–water partition coefficient (Wildman–Crippen LogP) is 2.50. The summed E-state index contributed by atoms with van der Waals surface area (Å²) in [6.07, 6.45) is 3.30. The number of hydrogen-bond acceptors (Lipinski definition) is 4. The molecule has 0 saturated carbocycles. The zero-order chi connectivity index (χ0) is 17.1. The van der Waals surface area contributed by atoms with Gasteiger partial charge in [0.15, 0.2) is 5.82 Å². The number of nitrogens with one attached hydrogen (secondary N) is 1. The van der Waals surface area contributed by atoms with Crippen LogP contribution in [0.4, 0.5) is 19.1 Å². The first-order valence-corrected chi connectivity index (χ1v) is 7.50. The lowest BCUT2D eigenvalue weighted by Gasteiger charge is -2.32. The number of hydrogen-bond donors (Lipinski definition) is 1. The van der Waals surface area contributed by atoms with Crippen LogP contribution in [0.2, 0.25) is 0 Å². The Hall–Kier alpha value is -2.64. The number of amides is 1. The van der Waals surface area contributed by atoms with Crippen molar-refractivity contribution in [3.63, 3.8) is 0 Å². The first-order valence-electron chi connectivity index (χ1n) is 7.50. The SMILES string of the molecule is O=C1C(Nc2ncc(F)cn2)CCCN1Cc1ccc(F)cc1F. The van der Waals surface area contributed by atoms with E-state index in [9.17, 15) is 18.0 Å². The molecule has 1 aromatic carbocycles. The molecule has 1 N–H and O–H groups in total. The predicted molar refractivity (Wildman–Crippen MR) is 80.4 cm³/mol. The Labute approximate surface area is 136 Å². The van der Waals surface area contributed by atoms with Gasteiger partial charge in [0.2, 0.25) is 11.9 Å². The van der Waals surface area contributed by atoms with Crippen molar-refractivity contribution in [3.8, 4) is 0 Å². The summed E-state index contributed by atoms with van der Waals surface area (Å²) in [5, 5.41) is 2.86. The molecule has 1 saturated heterocycles. The largest absolute Gasteiger partial charge is 0.342 e. The molecular formula is C16H15F3N4O. The van der Waals surface area contributed by atoms with E-state index < -0.39 is 23.5 Å². The van der Waals surface area contributed by atoms with Crippen LogP contribution in [0.1, 0.15) is 18.4 Å². The highest BCUT2D eigenvalue weighted by Gasteiger charge is 2.29. The van der Waals surface area contributed by atoms with Crippen molar-refractivity contribution in [2.75, 3.05) is 11.9 Å². The maximum Gasteiger partial charge on any atom is 0.245 e. The summed E-state index contributed by atoms with van der Waals surface area (Å²) in [5.74, 6) is -1.97. The number of carbonyl (C=O) groups is 1. The van der Waals surface area contributed by atoms with Crippen molar-refractivity contribution >= 4 is 11.9 Å². The maximum atomic E-state index is 13.8. The average Bonchev–Trinajstić information content (AvgIpc) is 2.55. The Morgan fingerprint density at radius 2 is 1.92 bits per heavy atom. The van der Waals surface area contributed by atoms with Crippen molar-refractivity contribution in [2.24, 2.45) is 0 Å². The number of aromatic nitrogens is 2.